The van der Waals surface area contributed by atoms with Crippen LogP contribution in [0, 0.1) is 5.92 Å². The van der Waals surface area contributed by atoms with Crippen LogP contribution in [0.2, 0.25) is 0 Å². The van der Waals surface area contributed by atoms with Crippen molar-refractivity contribution in [3.05, 3.63) is 0 Å². The van der Waals surface area contributed by atoms with Gasteiger partial charge in [-0.05, 0) is 18.8 Å². The van der Waals surface area contributed by atoms with Crippen LogP contribution in [0.3, 0.4) is 0 Å². The summed E-state index contributed by atoms with van der Waals surface area (Å²) in [5, 5.41) is 0. The minimum absolute atomic E-state index is 0.980. The SMILES string of the molecule is CC1CC[NH+](CC[NH3+])CC1. The summed E-state index contributed by atoms with van der Waals surface area (Å²) in [5.41, 5.74) is 3.88. The molecule has 0 bridgehead atoms. The monoisotopic (exact) mass is 144 g/mol. The zero-order valence-electron chi connectivity index (χ0n) is 7.03. The Bertz CT molecular complexity index is 85.3. The Hall–Kier alpha value is -0.0800. The molecule has 0 saturated carbocycles. The molecule has 1 fully saturated rings. The molecule has 2 nitrogen and oxygen atoms in total. The van der Waals surface area contributed by atoms with Gasteiger partial charge in [-0.25, -0.2) is 0 Å². The van der Waals surface area contributed by atoms with Gasteiger partial charge in [0.15, 0.2) is 0 Å². The lowest BCUT2D eigenvalue weighted by Crippen LogP contribution is -3.14. The van der Waals surface area contributed by atoms with Crippen LogP contribution in [-0.2, 0) is 0 Å². The molecule has 10 heavy (non-hydrogen) atoms. The first-order valence-corrected chi connectivity index (χ1v) is 4.45. The third kappa shape index (κ3) is 2.27. The molecule has 0 aromatic carbocycles. The first-order chi connectivity index (χ1) is 4.83. The Morgan fingerprint density at radius 3 is 2.50 bits per heavy atom. The lowest BCUT2D eigenvalue weighted by molar-refractivity contribution is -0.911. The molecule has 1 rings (SSSR count). The molecule has 0 amide bonds. The number of hydrogen-bond acceptors (Lipinski definition) is 0. The van der Waals surface area contributed by atoms with Crippen LogP contribution in [0.1, 0.15) is 19.8 Å². The van der Waals surface area contributed by atoms with Crippen molar-refractivity contribution in [3.8, 4) is 0 Å². The van der Waals surface area contributed by atoms with Crippen molar-refractivity contribution in [2.75, 3.05) is 26.2 Å². The van der Waals surface area contributed by atoms with Crippen LogP contribution in [0.5, 0.6) is 0 Å². The van der Waals surface area contributed by atoms with Crippen LogP contribution in [0.15, 0.2) is 0 Å². The molecule has 0 unspecified atom stereocenters. The summed E-state index contributed by atoms with van der Waals surface area (Å²) < 4.78 is 0. The molecule has 1 heterocycles. The maximum absolute atomic E-state index is 3.88. The summed E-state index contributed by atoms with van der Waals surface area (Å²) in [7, 11) is 0. The van der Waals surface area contributed by atoms with E-state index in [-0.39, 0.29) is 0 Å². The Morgan fingerprint density at radius 1 is 1.40 bits per heavy atom. The maximum atomic E-state index is 3.88. The molecule has 0 aliphatic carbocycles. The summed E-state index contributed by atoms with van der Waals surface area (Å²) in [4.78, 5) is 1.77. The van der Waals surface area contributed by atoms with Crippen molar-refractivity contribution in [2.45, 2.75) is 19.8 Å². The number of rotatable bonds is 2. The van der Waals surface area contributed by atoms with Gasteiger partial charge in [-0.3, -0.25) is 0 Å². The van der Waals surface area contributed by atoms with Gasteiger partial charge in [-0.2, -0.15) is 0 Å². The van der Waals surface area contributed by atoms with Gasteiger partial charge in [0.05, 0.1) is 13.1 Å². The molecule has 1 saturated heterocycles. The minimum Gasteiger partial charge on any atom is -0.353 e. The van der Waals surface area contributed by atoms with E-state index >= 15 is 0 Å². The summed E-state index contributed by atoms with van der Waals surface area (Å²) in [5.74, 6) is 0.980. The quantitative estimate of drug-likeness (QED) is 0.475. The largest absolute Gasteiger partial charge is 0.353 e. The van der Waals surface area contributed by atoms with Crippen molar-refractivity contribution in [3.63, 3.8) is 0 Å². The molecule has 0 atom stereocenters. The highest BCUT2D eigenvalue weighted by molar-refractivity contribution is 4.55. The first-order valence-electron chi connectivity index (χ1n) is 4.45. The molecule has 0 aromatic heterocycles. The van der Waals surface area contributed by atoms with Gasteiger partial charge < -0.3 is 10.6 Å². The fourth-order valence-corrected chi connectivity index (χ4v) is 1.67. The molecule has 0 aromatic rings. The fourth-order valence-electron chi connectivity index (χ4n) is 1.67. The van der Waals surface area contributed by atoms with Gasteiger partial charge in [0.25, 0.3) is 0 Å². The van der Waals surface area contributed by atoms with Crippen molar-refractivity contribution in [2.24, 2.45) is 5.92 Å². The normalized spacial score (nSPS) is 34.2. The van der Waals surface area contributed by atoms with Gasteiger partial charge in [0, 0.05) is 0 Å². The molecule has 1 aliphatic rings. The van der Waals surface area contributed by atoms with E-state index in [4.69, 9.17) is 0 Å². The zero-order valence-corrected chi connectivity index (χ0v) is 7.03. The lowest BCUT2D eigenvalue weighted by atomic mass is 9.99. The van der Waals surface area contributed by atoms with E-state index in [0.717, 1.165) is 12.5 Å². The highest BCUT2D eigenvalue weighted by atomic mass is 15.1. The highest BCUT2D eigenvalue weighted by Crippen LogP contribution is 2.06. The number of hydrogen-bond donors (Lipinski definition) is 2. The molecule has 0 spiro atoms. The molecule has 0 radical (unpaired) electrons. The molecule has 2 heteroatoms. The Balaban J connectivity index is 2.13. The first kappa shape index (κ1) is 8.02. The molecular formula is C8H20N2+2. The predicted molar refractivity (Wildman–Crippen MR) is 41.7 cm³/mol. The van der Waals surface area contributed by atoms with Crippen LogP contribution in [0.4, 0.5) is 0 Å². The summed E-state index contributed by atoms with van der Waals surface area (Å²) >= 11 is 0. The standard InChI is InChI=1S/C8H18N2/c1-8-2-5-10(6-3-8)7-4-9/h8H,2-7,9H2,1H3/p+2. The summed E-state index contributed by atoms with van der Waals surface area (Å²) in [6.07, 6.45) is 2.85. The molecule has 4 N–H and O–H groups in total. The Morgan fingerprint density at radius 2 is 2.00 bits per heavy atom. The minimum atomic E-state index is 0.980. The van der Waals surface area contributed by atoms with Crippen LogP contribution in [0.25, 0.3) is 0 Å². The molecular weight excluding hydrogens is 124 g/mol. The lowest BCUT2D eigenvalue weighted by Gasteiger charge is -2.26. The second kappa shape index (κ2) is 3.94. The van der Waals surface area contributed by atoms with Crippen molar-refractivity contribution >= 4 is 0 Å². The van der Waals surface area contributed by atoms with E-state index in [1.165, 1.54) is 32.5 Å². The van der Waals surface area contributed by atoms with Crippen LogP contribution < -0.4 is 10.6 Å². The predicted octanol–water partition coefficient (Wildman–Crippen LogP) is -1.46. The highest BCUT2D eigenvalue weighted by Gasteiger charge is 2.17. The Kier molecular flexibility index (Phi) is 3.16. The van der Waals surface area contributed by atoms with E-state index in [2.05, 4.69) is 12.7 Å². The van der Waals surface area contributed by atoms with Crippen molar-refractivity contribution in [1.29, 1.82) is 0 Å². The number of likely N-dealkylation sites (tertiary alicyclic amines) is 1. The van der Waals surface area contributed by atoms with Gasteiger partial charge in [-0.15, -0.1) is 0 Å². The van der Waals surface area contributed by atoms with Crippen LogP contribution in [-0.4, -0.2) is 26.2 Å². The van der Waals surface area contributed by atoms with Gasteiger partial charge in [0.2, 0.25) is 0 Å². The average Bonchev–Trinajstić information content (AvgIpc) is 1.95. The number of quaternary nitrogens is 2. The van der Waals surface area contributed by atoms with Crippen molar-refractivity contribution < 1.29 is 10.6 Å². The second-order valence-electron chi connectivity index (χ2n) is 3.54. The van der Waals surface area contributed by atoms with E-state index in [9.17, 15) is 0 Å². The van der Waals surface area contributed by atoms with Crippen LogP contribution >= 0.6 is 0 Å². The maximum Gasteiger partial charge on any atom is 0.127 e. The zero-order chi connectivity index (χ0) is 7.40. The smallest absolute Gasteiger partial charge is 0.127 e. The molecule has 1 aliphatic heterocycles. The molecule has 60 valence electrons. The number of piperidine rings is 1. The summed E-state index contributed by atoms with van der Waals surface area (Å²) in [6.45, 7) is 7.52. The second-order valence-corrected chi connectivity index (χ2v) is 3.54. The van der Waals surface area contributed by atoms with E-state index in [1.54, 1.807) is 4.90 Å². The third-order valence-electron chi connectivity index (χ3n) is 2.51. The fraction of sp³-hybridized carbons (Fsp3) is 1.00. The average molecular weight is 144 g/mol. The van der Waals surface area contributed by atoms with E-state index in [0.29, 0.717) is 0 Å². The third-order valence-corrected chi connectivity index (χ3v) is 2.51. The van der Waals surface area contributed by atoms with Crippen molar-refractivity contribution in [1.82, 2.24) is 0 Å². The van der Waals surface area contributed by atoms with Gasteiger partial charge >= 0.3 is 0 Å². The number of nitrogens with one attached hydrogen (secondary N) is 1. The van der Waals surface area contributed by atoms with E-state index in [1.807, 2.05) is 0 Å². The van der Waals surface area contributed by atoms with E-state index < -0.39 is 0 Å². The van der Waals surface area contributed by atoms with Gasteiger partial charge in [0.1, 0.15) is 13.1 Å². The van der Waals surface area contributed by atoms with Gasteiger partial charge in [-0.1, -0.05) is 6.92 Å². The topological polar surface area (TPSA) is 32.1 Å². The summed E-state index contributed by atoms with van der Waals surface area (Å²) in [6, 6.07) is 0. The Labute approximate surface area is 63.4 Å².